The summed E-state index contributed by atoms with van der Waals surface area (Å²) in [5, 5.41) is 11.9. The highest BCUT2D eigenvalue weighted by Gasteiger charge is 2.29. The van der Waals surface area contributed by atoms with Crippen LogP contribution in [-0.4, -0.2) is 24.0 Å². The van der Waals surface area contributed by atoms with Crippen LogP contribution in [0.4, 0.5) is 0 Å². The number of hydrogen-bond donors (Lipinski definition) is 1. The van der Waals surface area contributed by atoms with Crippen LogP contribution in [-0.2, 0) is 9.53 Å². The van der Waals surface area contributed by atoms with Gasteiger partial charge in [0.2, 0.25) is 0 Å². The third kappa shape index (κ3) is 4.66. The normalized spacial score (nSPS) is 15.3. The molecule has 0 aromatic heterocycles. The number of nitrogens with one attached hydrogen (secondary N) is 1. The summed E-state index contributed by atoms with van der Waals surface area (Å²) < 4.78 is 6.15. The number of ether oxygens (including phenoxy) is 1. The van der Waals surface area contributed by atoms with Crippen LogP contribution in [0.1, 0.15) is 23.7 Å². The van der Waals surface area contributed by atoms with Gasteiger partial charge in [0.25, 0.3) is 5.91 Å². The Labute approximate surface area is 148 Å². The van der Waals surface area contributed by atoms with Crippen molar-refractivity contribution in [2.75, 3.05) is 6.61 Å². The number of carbonyl (C=O) groups is 2. The number of benzene rings is 1. The van der Waals surface area contributed by atoms with Crippen LogP contribution < -0.4 is 5.32 Å². The molecule has 1 atom stereocenters. The van der Waals surface area contributed by atoms with Crippen molar-refractivity contribution < 1.29 is 14.3 Å². The molecule has 0 heterocycles. The van der Waals surface area contributed by atoms with Crippen molar-refractivity contribution in [3.63, 3.8) is 0 Å². The monoisotopic (exact) mass is 422 g/mol. The molecule has 0 saturated carbocycles. The maximum absolute atomic E-state index is 12.2. The second-order valence-electron chi connectivity index (χ2n) is 5.28. The van der Waals surface area contributed by atoms with Crippen LogP contribution in [0, 0.1) is 14.9 Å². The minimum absolute atomic E-state index is 0.219. The largest absolute Gasteiger partial charge is 0.458 e. The number of rotatable bonds is 5. The van der Waals surface area contributed by atoms with Gasteiger partial charge >= 0.3 is 5.97 Å². The van der Waals surface area contributed by atoms with Crippen molar-refractivity contribution in [1.29, 1.82) is 5.26 Å². The van der Waals surface area contributed by atoms with Crippen molar-refractivity contribution in [3.05, 3.63) is 57.2 Å². The Kier molecular flexibility index (Phi) is 5.55. The van der Waals surface area contributed by atoms with Gasteiger partial charge in [0, 0.05) is 9.13 Å². The first-order valence-electron chi connectivity index (χ1n) is 6.97. The number of amides is 1. The van der Waals surface area contributed by atoms with E-state index in [9.17, 15) is 14.9 Å². The van der Waals surface area contributed by atoms with E-state index in [4.69, 9.17) is 4.74 Å². The predicted molar refractivity (Wildman–Crippen MR) is 93.4 cm³/mol. The maximum atomic E-state index is 12.2. The van der Waals surface area contributed by atoms with Crippen LogP contribution in [0.15, 0.2) is 48.1 Å². The third-order valence-corrected chi connectivity index (χ3v) is 3.96. The lowest BCUT2D eigenvalue weighted by atomic mass is 10.1. The van der Waals surface area contributed by atoms with Gasteiger partial charge in [0.05, 0.1) is 11.6 Å². The Balaban J connectivity index is 1.98. The average molecular weight is 422 g/mol. The summed E-state index contributed by atoms with van der Waals surface area (Å²) >= 11 is 2.14. The fourth-order valence-corrected chi connectivity index (χ4v) is 2.28. The van der Waals surface area contributed by atoms with Crippen LogP contribution in [0.3, 0.4) is 0 Å². The Morgan fingerprint density at radius 3 is 2.65 bits per heavy atom. The number of esters is 1. The van der Waals surface area contributed by atoms with Gasteiger partial charge in [-0.15, -0.1) is 0 Å². The van der Waals surface area contributed by atoms with Gasteiger partial charge in [-0.3, -0.25) is 4.79 Å². The lowest BCUT2D eigenvalue weighted by molar-refractivity contribution is -0.139. The molecule has 1 aromatic carbocycles. The van der Waals surface area contributed by atoms with Gasteiger partial charge in [-0.05, 0) is 60.2 Å². The van der Waals surface area contributed by atoms with Crippen LogP contribution in [0.25, 0.3) is 0 Å². The lowest BCUT2D eigenvalue weighted by Crippen LogP contribution is -2.48. The number of carbonyl (C=O) groups excluding carboxylic acids is 2. The molecule has 1 N–H and O–H groups in total. The smallest absolute Gasteiger partial charge is 0.337 e. The summed E-state index contributed by atoms with van der Waals surface area (Å²) in [5.74, 6) is -0.884. The van der Waals surface area contributed by atoms with E-state index < -0.39 is 11.5 Å². The molecule has 1 aliphatic carbocycles. The molecule has 0 aliphatic heterocycles. The Morgan fingerprint density at radius 2 is 2.09 bits per heavy atom. The molecule has 5 nitrogen and oxygen atoms in total. The molecule has 0 radical (unpaired) electrons. The highest BCUT2D eigenvalue weighted by molar-refractivity contribution is 14.1. The van der Waals surface area contributed by atoms with E-state index in [2.05, 4.69) is 27.9 Å². The summed E-state index contributed by atoms with van der Waals surface area (Å²) in [5.41, 5.74) is -0.382. The second-order valence-corrected chi connectivity index (χ2v) is 6.52. The molecule has 1 aromatic rings. The standard InChI is InChI=1S/C17H15IN2O3/c1-17(10-19,11-23-16(22)13-4-2-3-5-13)20-15(21)12-6-8-14(18)9-7-12/h2,4-9H,3,11H2,1H3,(H,20,21). The molecule has 2 rings (SSSR count). The van der Waals surface area contributed by atoms with E-state index in [1.807, 2.05) is 12.1 Å². The second kappa shape index (κ2) is 7.42. The molecule has 6 heteroatoms. The highest BCUT2D eigenvalue weighted by atomic mass is 127. The minimum atomic E-state index is -1.29. The van der Waals surface area contributed by atoms with E-state index in [1.54, 1.807) is 36.4 Å². The van der Waals surface area contributed by atoms with Gasteiger partial charge in [-0.2, -0.15) is 5.26 Å². The highest BCUT2D eigenvalue weighted by Crippen LogP contribution is 2.13. The van der Waals surface area contributed by atoms with Gasteiger partial charge in [-0.25, -0.2) is 4.79 Å². The quantitative estimate of drug-likeness (QED) is 0.585. The topological polar surface area (TPSA) is 79.2 Å². The van der Waals surface area contributed by atoms with E-state index in [0.29, 0.717) is 17.6 Å². The molecule has 1 amide bonds. The Hall–Kier alpha value is -2.14. The number of halogens is 1. The fourth-order valence-electron chi connectivity index (χ4n) is 1.92. The molecule has 0 fully saturated rings. The lowest BCUT2D eigenvalue weighted by Gasteiger charge is -2.23. The molecule has 118 valence electrons. The van der Waals surface area contributed by atoms with Gasteiger partial charge in [0.1, 0.15) is 6.61 Å². The van der Waals surface area contributed by atoms with Crippen molar-refractivity contribution in [2.45, 2.75) is 18.9 Å². The van der Waals surface area contributed by atoms with E-state index in [-0.39, 0.29) is 12.5 Å². The van der Waals surface area contributed by atoms with Crippen molar-refractivity contribution in [3.8, 4) is 6.07 Å². The molecule has 0 saturated heterocycles. The first-order chi connectivity index (χ1) is 10.9. The fraction of sp³-hybridized carbons (Fsp3) is 0.235. The molecule has 0 bridgehead atoms. The first-order valence-corrected chi connectivity index (χ1v) is 8.04. The summed E-state index contributed by atoms with van der Waals surface area (Å²) in [6.07, 6.45) is 5.97. The minimum Gasteiger partial charge on any atom is -0.458 e. The van der Waals surface area contributed by atoms with E-state index >= 15 is 0 Å². The number of allylic oxidation sites excluding steroid dienone is 2. The summed E-state index contributed by atoms with van der Waals surface area (Å²) in [4.78, 5) is 24.0. The summed E-state index contributed by atoms with van der Waals surface area (Å²) in [6, 6.07) is 8.95. The zero-order valence-electron chi connectivity index (χ0n) is 12.5. The SMILES string of the molecule is CC(C#N)(COC(=O)C1=CCC=C1)NC(=O)c1ccc(I)cc1. The zero-order chi connectivity index (χ0) is 16.9. The average Bonchev–Trinajstić information content (AvgIpc) is 3.08. The molecular formula is C17H15IN2O3. The van der Waals surface area contributed by atoms with Crippen LogP contribution in [0.5, 0.6) is 0 Å². The van der Waals surface area contributed by atoms with Crippen molar-refractivity contribution in [2.24, 2.45) is 0 Å². The Bertz CT molecular complexity index is 716. The molecule has 0 spiro atoms. The zero-order valence-corrected chi connectivity index (χ0v) is 14.7. The van der Waals surface area contributed by atoms with Crippen LogP contribution >= 0.6 is 22.6 Å². The van der Waals surface area contributed by atoms with Crippen molar-refractivity contribution in [1.82, 2.24) is 5.32 Å². The van der Waals surface area contributed by atoms with E-state index in [1.165, 1.54) is 6.92 Å². The summed E-state index contributed by atoms with van der Waals surface area (Å²) in [7, 11) is 0. The third-order valence-electron chi connectivity index (χ3n) is 3.24. The predicted octanol–water partition coefficient (Wildman–Crippen LogP) is 2.73. The number of hydrogen-bond acceptors (Lipinski definition) is 4. The number of nitriles is 1. The first kappa shape index (κ1) is 17.2. The van der Waals surface area contributed by atoms with Gasteiger partial charge in [0.15, 0.2) is 5.54 Å². The summed E-state index contributed by atoms with van der Waals surface area (Å²) in [6.45, 7) is 1.30. The molecule has 23 heavy (non-hydrogen) atoms. The van der Waals surface area contributed by atoms with Crippen molar-refractivity contribution >= 4 is 34.5 Å². The maximum Gasteiger partial charge on any atom is 0.337 e. The van der Waals surface area contributed by atoms with E-state index in [0.717, 1.165) is 3.57 Å². The van der Waals surface area contributed by atoms with Gasteiger partial charge < -0.3 is 10.1 Å². The van der Waals surface area contributed by atoms with Gasteiger partial charge in [-0.1, -0.05) is 18.2 Å². The molecule has 1 unspecified atom stereocenters. The number of nitrogens with zero attached hydrogens (tertiary/aromatic N) is 1. The molecular weight excluding hydrogens is 407 g/mol. The van der Waals surface area contributed by atoms with Crippen LogP contribution in [0.2, 0.25) is 0 Å². The Morgan fingerprint density at radius 1 is 1.39 bits per heavy atom. The molecule has 1 aliphatic rings.